The van der Waals surface area contributed by atoms with Gasteiger partial charge in [-0.25, -0.2) is 4.39 Å². The van der Waals surface area contributed by atoms with E-state index >= 15 is 0 Å². The molecule has 0 fully saturated rings. The average Bonchev–Trinajstić information content (AvgIpc) is 2.26. The summed E-state index contributed by atoms with van der Waals surface area (Å²) >= 11 is 6.73. The molecule has 0 aliphatic carbocycles. The maximum Gasteiger partial charge on any atom is 0.194 e. The molecule has 0 amide bonds. The van der Waals surface area contributed by atoms with Crippen molar-refractivity contribution in [1.82, 2.24) is 0 Å². The molecule has 1 nitrogen and oxygen atoms in total. The van der Waals surface area contributed by atoms with E-state index in [0.29, 0.717) is 22.3 Å². The molecule has 0 unspecified atom stereocenters. The van der Waals surface area contributed by atoms with Crippen LogP contribution in [-0.2, 0) is 0 Å². The maximum atomic E-state index is 13.3. The summed E-state index contributed by atoms with van der Waals surface area (Å²) in [5.41, 5.74) is 2.43. The van der Waals surface area contributed by atoms with Crippen LogP contribution < -0.4 is 0 Å². The molecule has 0 saturated carbocycles. The summed E-state index contributed by atoms with van der Waals surface area (Å²) in [7, 11) is 0. The quantitative estimate of drug-likeness (QED) is 0.649. The summed E-state index contributed by atoms with van der Waals surface area (Å²) in [6.07, 6.45) is 0. The van der Waals surface area contributed by atoms with Crippen LogP contribution in [0.3, 0.4) is 0 Å². The van der Waals surface area contributed by atoms with Crippen LogP contribution in [0.2, 0.25) is 0 Å². The highest BCUT2D eigenvalue weighted by Gasteiger charge is 2.17. The molecule has 4 heteroatoms. The Morgan fingerprint density at radius 2 is 1.63 bits per heavy atom. The molecule has 0 spiro atoms. The molecule has 98 valence electrons. The number of aryl methyl sites for hydroxylation is 2. The molecular formula is C15H11Br2FO. The van der Waals surface area contributed by atoms with E-state index in [9.17, 15) is 9.18 Å². The fourth-order valence-corrected chi connectivity index (χ4v) is 3.30. The van der Waals surface area contributed by atoms with Crippen molar-refractivity contribution in [2.24, 2.45) is 0 Å². The number of benzene rings is 2. The second kappa shape index (κ2) is 5.55. The third kappa shape index (κ3) is 2.95. The summed E-state index contributed by atoms with van der Waals surface area (Å²) in [5.74, 6) is -0.421. The van der Waals surface area contributed by atoms with Gasteiger partial charge in [0, 0.05) is 20.1 Å². The number of carbonyl (C=O) groups is 1. The number of ketones is 1. The molecule has 2 aromatic rings. The molecule has 0 atom stereocenters. The molecule has 2 rings (SSSR count). The Balaban J connectivity index is 2.56. The van der Waals surface area contributed by atoms with Crippen molar-refractivity contribution in [3.8, 4) is 0 Å². The van der Waals surface area contributed by atoms with Crippen LogP contribution in [0.4, 0.5) is 4.39 Å². The maximum absolute atomic E-state index is 13.3. The van der Waals surface area contributed by atoms with Gasteiger partial charge < -0.3 is 0 Å². The largest absolute Gasteiger partial charge is 0.289 e. The fraction of sp³-hybridized carbons (Fsp3) is 0.133. The summed E-state index contributed by atoms with van der Waals surface area (Å²) in [6, 6.07) is 8.15. The number of carbonyl (C=O) groups excluding carboxylic acids is 1. The fourth-order valence-electron chi connectivity index (χ4n) is 2.08. The molecule has 0 N–H and O–H groups in total. The molecule has 19 heavy (non-hydrogen) atoms. The Hall–Kier alpha value is -1.000. The number of rotatable bonds is 2. The number of hydrogen-bond donors (Lipinski definition) is 0. The summed E-state index contributed by atoms with van der Waals surface area (Å²) in [4.78, 5) is 12.6. The van der Waals surface area contributed by atoms with E-state index in [1.54, 1.807) is 19.9 Å². The first-order chi connectivity index (χ1) is 8.90. The number of hydrogen-bond acceptors (Lipinski definition) is 1. The van der Waals surface area contributed by atoms with E-state index in [1.165, 1.54) is 12.1 Å². The zero-order valence-electron chi connectivity index (χ0n) is 10.4. The van der Waals surface area contributed by atoms with Gasteiger partial charge in [-0.15, -0.1) is 0 Å². The highest BCUT2D eigenvalue weighted by atomic mass is 79.9. The molecule has 0 radical (unpaired) electrons. The lowest BCUT2D eigenvalue weighted by Crippen LogP contribution is -2.07. The van der Waals surface area contributed by atoms with Crippen molar-refractivity contribution in [2.75, 3.05) is 0 Å². The first kappa shape index (κ1) is 14.4. The summed E-state index contributed by atoms with van der Waals surface area (Å²) in [6.45, 7) is 3.49. The predicted molar refractivity (Wildman–Crippen MR) is 81.1 cm³/mol. The minimum Gasteiger partial charge on any atom is -0.289 e. The van der Waals surface area contributed by atoms with Crippen molar-refractivity contribution in [3.05, 3.63) is 67.3 Å². The van der Waals surface area contributed by atoms with Crippen LogP contribution >= 0.6 is 31.9 Å². The monoisotopic (exact) mass is 384 g/mol. The van der Waals surface area contributed by atoms with Gasteiger partial charge in [-0.2, -0.15) is 0 Å². The average molecular weight is 386 g/mol. The Labute approximate surface area is 128 Å². The number of halogens is 3. The standard InChI is InChI=1S/C15H11Br2FO/c1-8-5-11(18)6-9(2)14(8)15(19)12-4-3-10(16)7-13(12)17/h3-7H,1-2H3. The minimum atomic E-state index is -0.318. The van der Waals surface area contributed by atoms with Gasteiger partial charge in [0.2, 0.25) is 0 Å². The van der Waals surface area contributed by atoms with E-state index in [2.05, 4.69) is 31.9 Å². The van der Waals surface area contributed by atoms with Gasteiger partial charge in [-0.1, -0.05) is 15.9 Å². The predicted octanol–water partition coefficient (Wildman–Crippen LogP) is 5.20. The van der Waals surface area contributed by atoms with Crippen molar-refractivity contribution in [2.45, 2.75) is 13.8 Å². The van der Waals surface area contributed by atoms with Gasteiger partial charge in [-0.3, -0.25) is 4.79 Å². The van der Waals surface area contributed by atoms with Crippen LogP contribution in [0.5, 0.6) is 0 Å². The van der Waals surface area contributed by atoms with Gasteiger partial charge >= 0.3 is 0 Å². The van der Waals surface area contributed by atoms with Gasteiger partial charge in [0.25, 0.3) is 0 Å². The Kier molecular flexibility index (Phi) is 4.21. The van der Waals surface area contributed by atoms with E-state index in [-0.39, 0.29) is 11.6 Å². The van der Waals surface area contributed by atoms with E-state index in [0.717, 1.165) is 8.95 Å². The topological polar surface area (TPSA) is 17.1 Å². The highest BCUT2D eigenvalue weighted by molar-refractivity contribution is 9.11. The van der Waals surface area contributed by atoms with Crippen LogP contribution in [0.1, 0.15) is 27.0 Å². The van der Waals surface area contributed by atoms with Crippen molar-refractivity contribution >= 4 is 37.6 Å². The van der Waals surface area contributed by atoms with Gasteiger partial charge in [-0.05, 0) is 71.2 Å². The van der Waals surface area contributed by atoms with Crippen molar-refractivity contribution in [1.29, 1.82) is 0 Å². The van der Waals surface area contributed by atoms with E-state index < -0.39 is 0 Å². The first-order valence-electron chi connectivity index (χ1n) is 5.66. The van der Waals surface area contributed by atoms with Gasteiger partial charge in [0.15, 0.2) is 5.78 Å². The molecule has 0 bridgehead atoms. The summed E-state index contributed by atoms with van der Waals surface area (Å²) in [5, 5.41) is 0. The molecule has 0 aliphatic rings. The zero-order valence-corrected chi connectivity index (χ0v) is 13.6. The Morgan fingerprint density at radius 3 is 2.16 bits per heavy atom. The van der Waals surface area contributed by atoms with Gasteiger partial charge in [0.1, 0.15) is 5.82 Å². The van der Waals surface area contributed by atoms with Crippen molar-refractivity contribution < 1.29 is 9.18 Å². The van der Waals surface area contributed by atoms with E-state index in [4.69, 9.17) is 0 Å². The molecule has 2 aromatic carbocycles. The zero-order chi connectivity index (χ0) is 14.2. The third-order valence-corrected chi connectivity index (χ3v) is 4.05. The van der Waals surface area contributed by atoms with Crippen LogP contribution in [-0.4, -0.2) is 5.78 Å². The second-order valence-electron chi connectivity index (χ2n) is 4.37. The smallest absolute Gasteiger partial charge is 0.194 e. The van der Waals surface area contributed by atoms with Crippen LogP contribution in [0.15, 0.2) is 39.3 Å². The molecule has 0 aromatic heterocycles. The SMILES string of the molecule is Cc1cc(F)cc(C)c1C(=O)c1ccc(Br)cc1Br. The molecule has 0 aliphatic heterocycles. The third-order valence-electron chi connectivity index (χ3n) is 2.90. The first-order valence-corrected chi connectivity index (χ1v) is 7.25. The second-order valence-corrected chi connectivity index (χ2v) is 6.14. The summed E-state index contributed by atoms with van der Waals surface area (Å²) < 4.78 is 14.9. The van der Waals surface area contributed by atoms with Gasteiger partial charge in [0.05, 0.1) is 0 Å². The lowest BCUT2D eigenvalue weighted by atomic mass is 9.95. The normalized spacial score (nSPS) is 10.6. The molecule has 0 heterocycles. The molecular weight excluding hydrogens is 375 g/mol. The van der Waals surface area contributed by atoms with Crippen LogP contribution in [0, 0.1) is 19.7 Å². The van der Waals surface area contributed by atoms with E-state index in [1.807, 2.05) is 12.1 Å². The van der Waals surface area contributed by atoms with Crippen molar-refractivity contribution in [3.63, 3.8) is 0 Å². The minimum absolute atomic E-state index is 0.102. The molecule has 0 saturated heterocycles. The lowest BCUT2D eigenvalue weighted by molar-refractivity contribution is 0.103. The Bertz CT molecular complexity index is 642. The lowest BCUT2D eigenvalue weighted by Gasteiger charge is -2.10. The highest BCUT2D eigenvalue weighted by Crippen LogP contribution is 2.27. The Morgan fingerprint density at radius 1 is 1.05 bits per heavy atom. The van der Waals surface area contributed by atoms with Crippen LogP contribution in [0.25, 0.3) is 0 Å².